The molecule has 0 heterocycles. The minimum absolute atomic E-state index is 0.489. The van der Waals surface area contributed by atoms with E-state index in [1.165, 1.54) is 48.8 Å². The Bertz CT molecular complexity index is 539. The van der Waals surface area contributed by atoms with Crippen LogP contribution in [0.5, 0.6) is 0 Å². The van der Waals surface area contributed by atoms with Crippen molar-refractivity contribution in [2.45, 2.75) is 58.3 Å². The monoisotopic (exact) mass is 295 g/mol. The van der Waals surface area contributed by atoms with Crippen molar-refractivity contribution in [2.75, 3.05) is 5.73 Å². The number of benzene rings is 2. The molecule has 1 nitrogen and oxygen atoms in total. The van der Waals surface area contributed by atoms with Gasteiger partial charge in [0.15, 0.2) is 0 Å². The van der Waals surface area contributed by atoms with Gasteiger partial charge in [0, 0.05) is 11.6 Å². The number of aryl methyl sites for hydroxylation is 1. The van der Waals surface area contributed by atoms with Crippen molar-refractivity contribution in [3.63, 3.8) is 0 Å². The molecule has 1 unspecified atom stereocenters. The predicted molar refractivity (Wildman–Crippen MR) is 97.3 cm³/mol. The fraction of sp³-hybridized carbons (Fsp3) is 0.429. The first kappa shape index (κ1) is 16.6. The predicted octanol–water partition coefficient (Wildman–Crippen LogP) is 5.93. The first-order chi connectivity index (χ1) is 10.7. The van der Waals surface area contributed by atoms with E-state index in [1.54, 1.807) is 0 Å². The lowest BCUT2D eigenvalue weighted by atomic mass is 9.86. The van der Waals surface area contributed by atoms with E-state index < -0.39 is 0 Å². The number of nitrogen functional groups attached to an aromatic ring is 1. The molecular formula is C21H29N. The van der Waals surface area contributed by atoms with Crippen molar-refractivity contribution >= 4 is 5.69 Å². The molecule has 2 rings (SSSR count). The molecule has 118 valence electrons. The highest BCUT2D eigenvalue weighted by Crippen LogP contribution is 2.31. The summed E-state index contributed by atoms with van der Waals surface area (Å²) in [6, 6.07) is 17.6. The van der Waals surface area contributed by atoms with Gasteiger partial charge in [0.1, 0.15) is 0 Å². The van der Waals surface area contributed by atoms with Crippen LogP contribution in [0.4, 0.5) is 5.69 Å². The van der Waals surface area contributed by atoms with Crippen molar-refractivity contribution in [3.8, 4) is 0 Å². The van der Waals surface area contributed by atoms with Gasteiger partial charge in [-0.3, -0.25) is 0 Å². The van der Waals surface area contributed by atoms with E-state index in [-0.39, 0.29) is 0 Å². The molecule has 0 aliphatic heterocycles. The van der Waals surface area contributed by atoms with Crippen LogP contribution < -0.4 is 5.73 Å². The van der Waals surface area contributed by atoms with Crippen molar-refractivity contribution in [1.82, 2.24) is 0 Å². The molecule has 0 saturated heterocycles. The third kappa shape index (κ3) is 4.62. The zero-order chi connectivity index (χ0) is 15.8. The summed E-state index contributed by atoms with van der Waals surface area (Å²) in [6.07, 6.45) is 7.56. The van der Waals surface area contributed by atoms with E-state index in [2.05, 4.69) is 50.2 Å². The summed E-state index contributed by atoms with van der Waals surface area (Å²) < 4.78 is 0. The average molecular weight is 295 g/mol. The molecule has 22 heavy (non-hydrogen) atoms. The number of rotatable bonds is 8. The lowest BCUT2D eigenvalue weighted by molar-refractivity contribution is 0.596. The van der Waals surface area contributed by atoms with Crippen LogP contribution in [0, 0.1) is 0 Å². The Hall–Kier alpha value is -1.76. The van der Waals surface area contributed by atoms with Gasteiger partial charge in [0.05, 0.1) is 0 Å². The van der Waals surface area contributed by atoms with E-state index in [4.69, 9.17) is 5.73 Å². The van der Waals surface area contributed by atoms with Gasteiger partial charge in [-0.25, -0.2) is 0 Å². The smallest absolute Gasteiger partial charge is 0.0314 e. The molecule has 0 aromatic heterocycles. The maximum absolute atomic E-state index is 5.84. The fourth-order valence-electron chi connectivity index (χ4n) is 3.01. The zero-order valence-electron chi connectivity index (χ0n) is 14.0. The minimum atomic E-state index is 0.489. The van der Waals surface area contributed by atoms with Gasteiger partial charge in [-0.1, -0.05) is 75.9 Å². The highest BCUT2D eigenvalue weighted by atomic mass is 14.5. The summed E-state index contributed by atoms with van der Waals surface area (Å²) in [7, 11) is 0. The Kier molecular flexibility index (Phi) is 6.51. The number of hydrogen-bond acceptors (Lipinski definition) is 1. The molecule has 0 saturated carbocycles. The molecule has 2 N–H and O–H groups in total. The molecule has 0 spiro atoms. The number of hydrogen-bond donors (Lipinski definition) is 1. The summed E-state index contributed by atoms with van der Waals surface area (Å²) in [5.74, 6) is 0.489. The van der Waals surface area contributed by atoms with Gasteiger partial charge in [-0.15, -0.1) is 0 Å². The van der Waals surface area contributed by atoms with Crippen LogP contribution in [0.15, 0.2) is 48.5 Å². The van der Waals surface area contributed by atoms with Gasteiger partial charge in [0.25, 0.3) is 0 Å². The van der Waals surface area contributed by atoms with Gasteiger partial charge in [0.2, 0.25) is 0 Å². The molecule has 2 aromatic rings. The lowest BCUT2D eigenvalue weighted by Gasteiger charge is -2.19. The number of anilines is 1. The van der Waals surface area contributed by atoms with Crippen LogP contribution in [0.25, 0.3) is 0 Å². The molecule has 0 radical (unpaired) electrons. The Labute approximate surface area is 135 Å². The van der Waals surface area contributed by atoms with Gasteiger partial charge >= 0.3 is 0 Å². The van der Waals surface area contributed by atoms with E-state index >= 15 is 0 Å². The molecular weight excluding hydrogens is 266 g/mol. The van der Waals surface area contributed by atoms with Crippen LogP contribution in [-0.4, -0.2) is 0 Å². The topological polar surface area (TPSA) is 26.0 Å². The first-order valence-electron chi connectivity index (χ1n) is 8.68. The van der Waals surface area contributed by atoms with Crippen LogP contribution in [-0.2, 0) is 6.42 Å². The quantitative estimate of drug-likeness (QED) is 0.474. The largest absolute Gasteiger partial charge is 0.399 e. The molecule has 0 aliphatic rings. The van der Waals surface area contributed by atoms with E-state index in [0.29, 0.717) is 5.92 Å². The van der Waals surface area contributed by atoms with E-state index in [9.17, 15) is 0 Å². The normalized spacial score (nSPS) is 12.3. The molecule has 0 bridgehead atoms. The van der Waals surface area contributed by atoms with Gasteiger partial charge in [-0.2, -0.15) is 0 Å². The average Bonchev–Trinajstić information content (AvgIpc) is 2.56. The Morgan fingerprint density at radius 2 is 1.36 bits per heavy atom. The highest BCUT2D eigenvalue weighted by Gasteiger charge is 2.13. The van der Waals surface area contributed by atoms with E-state index in [0.717, 1.165) is 12.1 Å². The SMILES string of the molecule is CCCCCCC(c1ccc(N)cc1)c1ccc(CC)cc1. The molecule has 0 fully saturated rings. The number of unbranched alkanes of at least 4 members (excludes halogenated alkanes) is 3. The molecule has 2 aromatic carbocycles. The zero-order valence-corrected chi connectivity index (χ0v) is 14.0. The second-order valence-corrected chi connectivity index (χ2v) is 6.16. The fourth-order valence-corrected chi connectivity index (χ4v) is 3.01. The molecule has 1 atom stereocenters. The molecule has 0 aliphatic carbocycles. The first-order valence-corrected chi connectivity index (χ1v) is 8.68. The van der Waals surface area contributed by atoms with Crippen LogP contribution in [0.2, 0.25) is 0 Å². The second-order valence-electron chi connectivity index (χ2n) is 6.16. The Balaban J connectivity index is 2.17. The lowest BCUT2D eigenvalue weighted by Crippen LogP contribution is -2.02. The van der Waals surface area contributed by atoms with Gasteiger partial charge in [-0.05, 0) is 41.7 Å². The van der Waals surface area contributed by atoms with Crippen molar-refractivity contribution in [3.05, 3.63) is 65.2 Å². The molecule has 1 heteroatoms. The third-order valence-electron chi connectivity index (χ3n) is 4.48. The highest BCUT2D eigenvalue weighted by molar-refractivity contribution is 5.43. The van der Waals surface area contributed by atoms with Crippen molar-refractivity contribution < 1.29 is 0 Å². The van der Waals surface area contributed by atoms with E-state index in [1.807, 2.05) is 12.1 Å². The Morgan fingerprint density at radius 1 is 0.773 bits per heavy atom. The van der Waals surface area contributed by atoms with Gasteiger partial charge < -0.3 is 5.73 Å². The minimum Gasteiger partial charge on any atom is -0.399 e. The standard InChI is InChI=1S/C21H29N/c1-3-5-6-7-8-21(19-13-15-20(22)16-14-19)18-11-9-17(4-2)10-12-18/h9-16,21H,3-8,22H2,1-2H3. The summed E-state index contributed by atoms with van der Waals surface area (Å²) >= 11 is 0. The van der Waals surface area contributed by atoms with Crippen LogP contribution in [0.1, 0.15) is 68.6 Å². The summed E-state index contributed by atoms with van der Waals surface area (Å²) in [5.41, 5.74) is 10.9. The third-order valence-corrected chi connectivity index (χ3v) is 4.48. The maximum Gasteiger partial charge on any atom is 0.0314 e. The number of nitrogens with two attached hydrogens (primary N) is 1. The molecule has 0 amide bonds. The summed E-state index contributed by atoms with van der Waals surface area (Å²) in [6.45, 7) is 4.47. The summed E-state index contributed by atoms with van der Waals surface area (Å²) in [5, 5.41) is 0. The summed E-state index contributed by atoms with van der Waals surface area (Å²) in [4.78, 5) is 0. The second kappa shape index (κ2) is 8.63. The van der Waals surface area contributed by atoms with Crippen LogP contribution in [0.3, 0.4) is 0 Å². The van der Waals surface area contributed by atoms with Crippen molar-refractivity contribution in [2.24, 2.45) is 0 Å². The Morgan fingerprint density at radius 3 is 1.91 bits per heavy atom. The van der Waals surface area contributed by atoms with Crippen molar-refractivity contribution in [1.29, 1.82) is 0 Å². The van der Waals surface area contributed by atoms with Crippen LogP contribution >= 0.6 is 0 Å². The maximum atomic E-state index is 5.84.